The lowest BCUT2D eigenvalue weighted by molar-refractivity contribution is -0.0893. The molecule has 0 unspecified atom stereocenters. The summed E-state index contributed by atoms with van der Waals surface area (Å²) >= 11 is 6.23. The predicted molar refractivity (Wildman–Crippen MR) is 136 cm³/mol. The van der Waals surface area contributed by atoms with Gasteiger partial charge in [0.25, 0.3) is 0 Å². The fourth-order valence-electron chi connectivity index (χ4n) is 8.00. The van der Waals surface area contributed by atoms with Crippen molar-refractivity contribution >= 4 is 11.6 Å². The number of methoxy groups -OCH3 is 2. The lowest BCUT2D eigenvalue weighted by Crippen LogP contribution is -2.60. The largest absolute Gasteiger partial charge is 0.493 e. The molecule has 6 rings (SSSR count). The molecule has 4 aliphatic rings. The van der Waals surface area contributed by atoms with Crippen LogP contribution in [0.15, 0.2) is 42.5 Å². The maximum atomic E-state index is 6.23. The average Bonchev–Trinajstić information content (AvgIpc) is 2.78. The second-order valence-electron chi connectivity index (χ2n) is 11.3. The molecule has 0 spiro atoms. The summed E-state index contributed by atoms with van der Waals surface area (Å²) in [5, 5.41) is 4.88. The van der Waals surface area contributed by atoms with E-state index in [2.05, 4.69) is 55.6 Å². The monoisotopic (exact) mass is 467 g/mol. The van der Waals surface area contributed by atoms with Crippen LogP contribution in [0.3, 0.4) is 0 Å². The molecule has 4 bridgehead atoms. The molecule has 0 aliphatic heterocycles. The van der Waals surface area contributed by atoms with E-state index in [0.717, 1.165) is 34.8 Å². The van der Waals surface area contributed by atoms with E-state index in [0.29, 0.717) is 22.9 Å². The molecule has 4 heteroatoms. The van der Waals surface area contributed by atoms with Gasteiger partial charge < -0.3 is 14.8 Å². The van der Waals surface area contributed by atoms with Gasteiger partial charge in [0.15, 0.2) is 11.5 Å². The molecule has 0 heterocycles. The summed E-state index contributed by atoms with van der Waals surface area (Å²) in [5.41, 5.74) is 3.55. The lowest BCUT2D eigenvalue weighted by Gasteiger charge is -2.64. The average molecular weight is 468 g/mol. The molecular formula is C29H38ClNO2. The van der Waals surface area contributed by atoms with Gasteiger partial charge in [-0.05, 0) is 117 Å². The molecule has 4 aliphatic carbocycles. The van der Waals surface area contributed by atoms with Gasteiger partial charge in [0.2, 0.25) is 0 Å². The third-order valence-corrected chi connectivity index (χ3v) is 9.26. The molecule has 2 aromatic rings. The molecule has 1 N–H and O–H groups in total. The van der Waals surface area contributed by atoms with E-state index in [1.165, 1.54) is 49.7 Å². The van der Waals surface area contributed by atoms with Crippen molar-refractivity contribution in [2.24, 2.45) is 17.3 Å². The van der Waals surface area contributed by atoms with Crippen molar-refractivity contribution < 1.29 is 9.47 Å². The highest BCUT2D eigenvalue weighted by atomic mass is 35.5. The minimum atomic E-state index is 0.344. The number of rotatable bonds is 8. The van der Waals surface area contributed by atoms with Gasteiger partial charge in [-0.25, -0.2) is 0 Å². The van der Waals surface area contributed by atoms with Crippen molar-refractivity contribution in [3.05, 3.63) is 58.6 Å². The second kappa shape index (κ2) is 8.82. The fourth-order valence-corrected chi connectivity index (χ4v) is 8.13. The minimum Gasteiger partial charge on any atom is -0.493 e. The number of benzene rings is 2. The first-order valence-electron chi connectivity index (χ1n) is 12.6. The Hall–Kier alpha value is -1.71. The first-order valence-corrected chi connectivity index (χ1v) is 13.0. The van der Waals surface area contributed by atoms with Crippen LogP contribution in [0, 0.1) is 17.3 Å². The quantitative estimate of drug-likeness (QED) is 0.462. The molecule has 0 aromatic heterocycles. The summed E-state index contributed by atoms with van der Waals surface area (Å²) in [7, 11) is 3.39. The van der Waals surface area contributed by atoms with Crippen LogP contribution < -0.4 is 14.8 Å². The number of ether oxygens (including phenoxy) is 2. The summed E-state index contributed by atoms with van der Waals surface area (Å²) in [6.45, 7) is 4.77. The zero-order valence-corrected chi connectivity index (χ0v) is 21.3. The third kappa shape index (κ3) is 4.28. The van der Waals surface area contributed by atoms with Crippen molar-refractivity contribution in [3.8, 4) is 11.5 Å². The number of nitrogens with one attached hydrogen (secondary N) is 1. The zero-order valence-electron chi connectivity index (χ0n) is 20.5. The summed E-state index contributed by atoms with van der Waals surface area (Å²) in [6.07, 6.45) is 9.22. The van der Waals surface area contributed by atoms with Crippen molar-refractivity contribution in [2.75, 3.05) is 14.2 Å². The molecule has 0 radical (unpaired) electrons. The van der Waals surface area contributed by atoms with E-state index in [9.17, 15) is 0 Å². The second-order valence-corrected chi connectivity index (χ2v) is 11.7. The van der Waals surface area contributed by atoms with E-state index in [4.69, 9.17) is 21.1 Å². The standard InChI is InChI=1S/C29H38ClNO2/c1-19(11-21-5-10-26(32-3)27(13-21)33-4)31-20(2)28-14-22-12-23(15-28)17-29(16-22,18-28)24-6-8-25(30)9-7-24/h5-10,13,19-20,22-23,31H,11-12,14-18H2,1-4H3/t19-,20-,22-,23-,28?,29?/m1/s1. The zero-order chi connectivity index (χ0) is 23.2. The fraction of sp³-hybridized carbons (Fsp3) is 0.586. The summed E-state index contributed by atoms with van der Waals surface area (Å²) < 4.78 is 10.9. The SMILES string of the molecule is COc1ccc(C[C@@H](C)N[C@H](C)C23C[C@H]4C[C@@H](CC(c5ccc(Cl)cc5)(C4)C2)C3)cc1OC. The molecule has 3 nitrogen and oxygen atoms in total. The topological polar surface area (TPSA) is 30.5 Å². The van der Waals surface area contributed by atoms with Gasteiger partial charge in [-0.15, -0.1) is 0 Å². The Morgan fingerprint density at radius 1 is 0.939 bits per heavy atom. The smallest absolute Gasteiger partial charge is 0.160 e. The van der Waals surface area contributed by atoms with Crippen molar-refractivity contribution in [3.63, 3.8) is 0 Å². The van der Waals surface area contributed by atoms with Crippen LogP contribution >= 0.6 is 11.6 Å². The summed E-state index contributed by atoms with van der Waals surface area (Å²) in [6, 6.07) is 16.0. The Labute approximate surface area is 204 Å². The van der Waals surface area contributed by atoms with Gasteiger partial charge in [-0.3, -0.25) is 0 Å². The van der Waals surface area contributed by atoms with E-state index in [1.807, 2.05) is 6.07 Å². The lowest BCUT2D eigenvalue weighted by atomic mass is 9.41. The summed E-state index contributed by atoms with van der Waals surface area (Å²) in [5.74, 6) is 3.33. The van der Waals surface area contributed by atoms with Crippen LogP contribution in [-0.2, 0) is 11.8 Å². The van der Waals surface area contributed by atoms with Gasteiger partial charge >= 0.3 is 0 Å². The summed E-state index contributed by atoms with van der Waals surface area (Å²) in [4.78, 5) is 0. The van der Waals surface area contributed by atoms with Gasteiger partial charge in [-0.2, -0.15) is 0 Å². The van der Waals surface area contributed by atoms with Gasteiger partial charge in [0.05, 0.1) is 14.2 Å². The molecule has 178 valence electrons. The normalized spacial score (nSPS) is 31.9. The molecule has 4 saturated carbocycles. The van der Waals surface area contributed by atoms with Crippen molar-refractivity contribution in [2.45, 2.75) is 76.3 Å². The highest BCUT2D eigenvalue weighted by molar-refractivity contribution is 6.30. The van der Waals surface area contributed by atoms with Gasteiger partial charge in [0, 0.05) is 17.1 Å². The van der Waals surface area contributed by atoms with Gasteiger partial charge in [-0.1, -0.05) is 29.8 Å². The number of hydrogen-bond acceptors (Lipinski definition) is 3. The van der Waals surface area contributed by atoms with E-state index >= 15 is 0 Å². The van der Waals surface area contributed by atoms with E-state index in [-0.39, 0.29) is 0 Å². The molecule has 0 amide bonds. The Bertz CT molecular complexity index is 974. The van der Waals surface area contributed by atoms with Crippen LogP contribution in [-0.4, -0.2) is 26.3 Å². The van der Waals surface area contributed by atoms with Crippen LogP contribution in [0.5, 0.6) is 11.5 Å². The first kappa shape index (κ1) is 23.1. The Balaban J connectivity index is 1.32. The molecule has 0 saturated heterocycles. The Kier molecular flexibility index (Phi) is 6.16. The van der Waals surface area contributed by atoms with Crippen molar-refractivity contribution in [1.29, 1.82) is 0 Å². The minimum absolute atomic E-state index is 0.344. The van der Waals surface area contributed by atoms with Crippen LogP contribution in [0.25, 0.3) is 0 Å². The van der Waals surface area contributed by atoms with Gasteiger partial charge in [0.1, 0.15) is 0 Å². The first-order chi connectivity index (χ1) is 15.8. The molecular weight excluding hydrogens is 430 g/mol. The molecule has 4 atom stereocenters. The highest BCUT2D eigenvalue weighted by Gasteiger charge is 2.59. The molecule has 4 fully saturated rings. The Morgan fingerprint density at radius 3 is 2.24 bits per heavy atom. The van der Waals surface area contributed by atoms with Crippen LogP contribution in [0.4, 0.5) is 0 Å². The maximum absolute atomic E-state index is 6.23. The number of halogens is 1. The molecule has 33 heavy (non-hydrogen) atoms. The van der Waals surface area contributed by atoms with Crippen LogP contribution in [0.1, 0.15) is 63.5 Å². The third-order valence-electron chi connectivity index (χ3n) is 9.01. The van der Waals surface area contributed by atoms with Crippen molar-refractivity contribution in [1.82, 2.24) is 5.32 Å². The molecule has 2 aromatic carbocycles. The van der Waals surface area contributed by atoms with E-state index in [1.54, 1.807) is 14.2 Å². The predicted octanol–water partition coefficient (Wildman–Crippen LogP) is 6.80. The Morgan fingerprint density at radius 2 is 1.61 bits per heavy atom. The van der Waals surface area contributed by atoms with E-state index < -0.39 is 0 Å². The number of hydrogen-bond donors (Lipinski definition) is 1. The highest BCUT2D eigenvalue weighted by Crippen LogP contribution is 2.66. The van der Waals surface area contributed by atoms with Crippen LogP contribution in [0.2, 0.25) is 5.02 Å². The maximum Gasteiger partial charge on any atom is 0.160 e.